The second-order valence-electron chi connectivity index (χ2n) is 3.77. The van der Waals surface area contributed by atoms with E-state index in [2.05, 4.69) is 17.1 Å². The van der Waals surface area contributed by atoms with Gasteiger partial charge in [-0.1, -0.05) is 12.8 Å². The first kappa shape index (κ1) is 7.93. The van der Waals surface area contributed by atoms with Gasteiger partial charge in [0, 0.05) is 11.3 Å². The van der Waals surface area contributed by atoms with Crippen LogP contribution in [-0.4, -0.2) is 23.6 Å². The lowest BCUT2D eigenvalue weighted by Gasteiger charge is -2.25. The summed E-state index contributed by atoms with van der Waals surface area (Å²) in [5, 5.41) is 3.56. The molecule has 2 fully saturated rings. The molecule has 1 nitrogen and oxygen atoms in total. The maximum Gasteiger partial charge on any atom is 0.0284 e. The highest BCUT2D eigenvalue weighted by atomic mass is 32.2. The largest absolute Gasteiger partial charge is 0.315 e. The van der Waals surface area contributed by atoms with Crippen molar-refractivity contribution in [3.8, 4) is 0 Å². The van der Waals surface area contributed by atoms with Gasteiger partial charge in [0.15, 0.2) is 0 Å². The van der Waals surface area contributed by atoms with Gasteiger partial charge in [0.05, 0.1) is 0 Å². The summed E-state index contributed by atoms with van der Waals surface area (Å²) in [6.07, 6.45) is 7.23. The van der Waals surface area contributed by atoms with Crippen molar-refractivity contribution >= 4 is 11.8 Å². The Balaban J connectivity index is 1.97. The van der Waals surface area contributed by atoms with E-state index in [4.69, 9.17) is 0 Å². The lowest BCUT2D eigenvalue weighted by atomic mass is 10.1. The van der Waals surface area contributed by atoms with Crippen LogP contribution in [0.5, 0.6) is 0 Å². The molecule has 1 N–H and O–H groups in total. The van der Waals surface area contributed by atoms with Gasteiger partial charge in [-0.2, -0.15) is 11.8 Å². The maximum atomic E-state index is 3.56. The lowest BCUT2D eigenvalue weighted by Crippen LogP contribution is -2.33. The van der Waals surface area contributed by atoms with Gasteiger partial charge >= 0.3 is 0 Å². The van der Waals surface area contributed by atoms with Crippen molar-refractivity contribution in [2.45, 2.75) is 36.9 Å². The van der Waals surface area contributed by atoms with Crippen LogP contribution in [0.4, 0.5) is 0 Å². The highest BCUT2D eigenvalue weighted by Crippen LogP contribution is 2.41. The summed E-state index contributed by atoms with van der Waals surface area (Å²) < 4.78 is 0.663. The summed E-state index contributed by atoms with van der Waals surface area (Å²) >= 11 is 2.23. The molecule has 0 atom stereocenters. The van der Waals surface area contributed by atoms with Crippen LogP contribution in [0.2, 0.25) is 0 Å². The van der Waals surface area contributed by atoms with Crippen molar-refractivity contribution in [2.24, 2.45) is 0 Å². The topological polar surface area (TPSA) is 12.0 Å². The highest BCUT2D eigenvalue weighted by molar-refractivity contribution is 8.00. The molecule has 0 bridgehead atoms. The molecule has 0 unspecified atom stereocenters. The fourth-order valence-corrected chi connectivity index (χ4v) is 3.70. The van der Waals surface area contributed by atoms with Gasteiger partial charge in [0.1, 0.15) is 0 Å². The Morgan fingerprint density at radius 2 is 1.91 bits per heavy atom. The summed E-state index contributed by atoms with van der Waals surface area (Å²) in [5.41, 5.74) is 0. The second-order valence-corrected chi connectivity index (χ2v) is 5.33. The van der Waals surface area contributed by atoms with Crippen LogP contribution >= 0.6 is 11.8 Å². The van der Waals surface area contributed by atoms with Crippen LogP contribution in [0.15, 0.2) is 0 Å². The normalized spacial score (nSPS) is 30.5. The molecule has 0 aromatic heterocycles. The van der Waals surface area contributed by atoms with E-state index in [0.29, 0.717) is 4.75 Å². The van der Waals surface area contributed by atoms with Crippen molar-refractivity contribution in [1.29, 1.82) is 0 Å². The van der Waals surface area contributed by atoms with E-state index in [1.807, 2.05) is 0 Å². The first-order valence-electron chi connectivity index (χ1n) is 4.76. The first-order chi connectivity index (χ1) is 5.41. The standard InChI is InChI=1S/C9H17NS/c1-2-5-9(4-1)8-10-6-3-7-11-9/h10H,1-8H2. The van der Waals surface area contributed by atoms with E-state index in [0.717, 1.165) is 0 Å². The van der Waals surface area contributed by atoms with E-state index in [9.17, 15) is 0 Å². The van der Waals surface area contributed by atoms with Crippen LogP contribution in [0.3, 0.4) is 0 Å². The zero-order valence-corrected chi connectivity index (χ0v) is 7.88. The van der Waals surface area contributed by atoms with E-state index in [1.54, 1.807) is 0 Å². The molecule has 2 aliphatic rings. The first-order valence-corrected chi connectivity index (χ1v) is 5.75. The number of nitrogens with one attached hydrogen (secondary N) is 1. The molecule has 0 aromatic carbocycles. The average molecular weight is 171 g/mol. The summed E-state index contributed by atoms with van der Waals surface area (Å²) in [7, 11) is 0. The van der Waals surface area contributed by atoms with E-state index in [-0.39, 0.29) is 0 Å². The number of hydrogen-bond acceptors (Lipinski definition) is 2. The van der Waals surface area contributed by atoms with Gasteiger partial charge in [0.25, 0.3) is 0 Å². The minimum atomic E-state index is 0.663. The molecule has 1 aliphatic carbocycles. The predicted molar refractivity (Wildman–Crippen MR) is 51.1 cm³/mol. The third kappa shape index (κ3) is 1.73. The van der Waals surface area contributed by atoms with Crippen molar-refractivity contribution in [3.05, 3.63) is 0 Å². The average Bonchev–Trinajstić information content (AvgIpc) is 2.32. The van der Waals surface area contributed by atoms with Crippen molar-refractivity contribution in [3.63, 3.8) is 0 Å². The van der Waals surface area contributed by atoms with Gasteiger partial charge in [-0.3, -0.25) is 0 Å². The zero-order chi connectivity index (χ0) is 7.57. The van der Waals surface area contributed by atoms with Crippen LogP contribution in [0.1, 0.15) is 32.1 Å². The molecule has 2 heteroatoms. The lowest BCUT2D eigenvalue weighted by molar-refractivity contribution is 0.546. The molecule has 11 heavy (non-hydrogen) atoms. The summed E-state index contributed by atoms with van der Waals surface area (Å²) in [6, 6.07) is 0. The number of hydrogen-bond donors (Lipinski definition) is 1. The maximum absolute atomic E-state index is 3.56. The zero-order valence-electron chi connectivity index (χ0n) is 7.07. The monoisotopic (exact) mass is 171 g/mol. The second kappa shape index (κ2) is 3.36. The molecule has 0 amide bonds. The Bertz CT molecular complexity index is 120. The molecule has 1 aliphatic heterocycles. The third-order valence-electron chi connectivity index (χ3n) is 2.87. The van der Waals surface area contributed by atoms with E-state index < -0.39 is 0 Å². The highest BCUT2D eigenvalue weighted by Gasteiger charge is 2.34. The minimum Gasteiger partial charge on any atom is -0.315 e. The Morgan fingerprint density at radius 3 is 2.73 bits per heavy atom. The fourth-order valence-electron chi connectivity index (χ4n) is 2.19. The third-order valence-corrected chi connectivity index (χ3v) is 4.53. The molecule has 1 saturated heterocycles. The van der Waals surface area contributed by atoms with Gasteiger partial charge < -0.3 is 5.32 Å². The van der Waals surface area contributed by atoms with E-state index in [1.165, 1.54) is 50.9 Å². The summed E-state index contributed by atoms with van der Waals surface area (Å²) in [6.45, 7) is 2.52. The predicted octanol–water partition coefficient (Wildman–Crippen LogP) is 2.03. The SMILES string of the molecule is C1CNCC2(CCCC2)SC1. The Morgan fingerprint density at radius 1 is 1.09 bits per heavy atom. The smallest absolute Gasteiger partial charge is 0.0284 e. The van der Waals surface area contributed by atoms with Gasteiger partial charge in [0.2, 0.25) is 0 Å². The Labute approximate surface area is 73.3 Å². The van der Waals surface area contributed by atoms with Crippen molar-refractivity contribution in [2.75, 3.05) is 18.8 Å². The molecule has 2 rings (SSSR count). The molecular weight excluding hydrogens is 154 g/mol. The number of rotatable bonds is 0. The number of thioether (sulfide) groups is 1. The van der Waals surface area contributed by atoms with Gasteiger partial charge in [-0.05, 0) is 31.6 Å². The molecular formula is C9H17NS. The molecule has 1 heterocycles. The molecule has 64 valence electrons. The van der Waals surface area contributed by atoms with Gasteiger partial charge in [-0.15, -0.1) is 0 Å². The van der Waals surface area contributed by atoms with Gasteiger partial charge in [-0.25, -0.2) is 0 Å². The van der Waals surface area contributed by atoms with Crippen molar-refractivity contribution in [1.82, 2.24) is 5.32 Å². The Kier molecular flexibility index (Phi) is 2.42. The quantitative estimate of drug-likeness (QED) is 0.598. The van der Waals surface area contributed by atoms with Crippen LogP contribution in [0, 0.1) is 0 Å². The minimum absolute atomic E-state index is 0.663. The van der Waals surface area contributed by atoms with Crippen LogP contribution in [0.25, 0.3) is 0 Å². The Hall–Kier alpha value is 0.310. The van der Waals surface area contributed by atoms with Crippen LogP contribution < -0.4 is 5.32 Å². The molecule has 0 aromatic rings. The summed E-state index contributed by atoms with van der Waals surface area (Å²) in [5.74, 6) is 1.38. The van der Waals surface area contributed by atoms with Crippen molar-refractivity contribution < 1.29 is 0 Å². The molecule has 1 spiro atoms. The molecule has 1 saturated carbocycles. The molecule has 0 radical (unpaired) electrons. The van der Waals surface area contributed by atoms with Crippen LogP contribution in [-0.2, 0) is 0 Å². The van der Waals surface area contributed by atoms with E-state index >= 15 is 0 Å². The fraction of sp³-hybridized carbons (Fsp3) is 1.00. The summed E-state index contributed by atoms with van der Waals surface area (Å²) in [4.78, 5) is 0.